The molecule has 0 aliphatic heterocycles. The first-order valence-electron chi connectivity index (χ1n) is 8.67. The summed E-state index contributed by atoms with van der Waals surface area (Å²) in [6.45, 7) is 7.14. The van der Waals surface area contributed by atoms with Gasteiger partial charge < -0.3 is 15.4 Å². The number of ether oxygens (including phenoxy) is 1. The molecule has 2 rings (SSSR count). The zero-order valence-electron chi connectivity index (χ0n) is 14.8. The van der Waals surface area contributed by atoms with Gasteiger partial charge >= 0.3 is 0 Å². The lowest BCUT2D eigenvalue weighted by Gasteiger charge is -2.18. The van der Waals surface area contributed by atoms with Crippen LogP contribution >= 0.6 is 11.8 Å². The number of aliphatic imine (C=N–C) groups is 1. The van der Waals surface area contributed by atoms with Crippen molar-refractivity contribution in [3.05, 3.63) is 42.5 Å². The number of thioether (sulfide) groups is 1. The molecule has 2 unspecified atom stereocenters. The van der Waals surface area contributed by atoms with Crippen molar-refractivity contribution in [3.63, 3.8) is 0 Å². The van der Waals surface area contributed by atoms with Gasteiger partial charge in [-0.15, -0.1) is 0 Å². The lowest BCUT2D eigenvalue weighted by molar-refractivity contribution is 0.358. The van der Waals surface area contributed by atoms with E-state index in [0.717, 1.165) is 22.5 Å². The average Bonchev–Trinajstić information content (AvgIpc) is 3.05. The van der Waals surface area contributed by atoms with Gasteiger partial charge in [-0.25, -0.2) is 0 Å². The molecule has 1 aromatic carbocycles. The van der Waals surface area contributed by atoms with E-state index in [1.165, 1.54) is 25.0 Å². The smallest absolute Gasteiger partial charge is 0.191 e. The third kappa shape index (κ3) is 5.78. The molecular formula is C19H29N3OS. The summed E-state index contributed by atoms with van der Waals surface area (Å²) >= 11 is 2.07. The second-order valence-electron chi connectivity index (χ2n) is 5.86. The number of hydrogen-bond donors (Lipinski definition) is 2. The zero-order valence-corrected chi connectivity index (χ0v) is 15.6. The van der Waals surface area contributed by atoms with Crippen LogP contribution in [0.15, 0.2) is 41.9 Å². The van der Waals surface area contributed by atoms with Gasteiger partial charge in [0, 0.05) is 30.4 Å². The zero-order chi connectivity index (χ0) is 17.2. The van der Waals surface area contributed by atoms with E-state index in [4.69, 9.17) is 4.74 Å². The largest absolute Gasteiger partial charge is 0.489 e. The molecular weight excluding hydrogens is 318 g/mol. The monoisotopic (exact) mass is 347 g/mol. The Morgan fingerprint density at radius 2 is 2.25 bits per heavy atom. The van der Waals surface area contributed by atoms with Gasteiger partial charge in [-0.05, 0) is 31.1 Å². The third-order valence-corrected chi connectivity index (χ3v) is 5.36. The fourth-order valence-corrected chi connectivity index (χ4v) is 4.11. The predicted molar refractivity (Wildman–Crippen MR) is 105 cm³/mol. The molecule has 2 N–H and O–H groups in total. The van der Waals surface area contributed by atoms with Crippen molar-refractivity contribution in [3.8, 4) is 5.75 Å². The van der Waals surface area contributed by atoms with Crippen molar-refractivity contribution in [1.29, 1.82) is 0 Å². The molecule has 1 saturated carbocycles. The molecule has 1 aliphatic rings. The molecule has 0 aromatic heterocycles. The lowest BCUT2D eigenvalue weighted by atomic mass is 10.2. The maximum atomic E-state index is 5.71. The molecule has 0 heterocycles. The van der Waals surface area contributed by atoms with Crippen LogP contribution in [-0.2, 0) is 6.54 Å². The Balaban J connectivity index is 1.85. The summed E-state index contributed by atoms with van der Waals surface area (Å²) in [4.78, 5) is 4.36. The molecule has 0 radical (unpaired) electrons. The first kappa shape index (κ1) is 18.7. The highest BCUT2D eigenvalue weighted by Crippen LogP contribution is 2.29. The van der Waals surface area contributed by atoms with Crippen molar-refractivity contribution in [1.82, 2.24) is 10.6 Å². The third-order valence-electron chi connectivity index (χ3n) is 4.13. The highest BCUT2D eigenvalue weighted by Gasteiger charge is 2.25. The van der Waals surface area contributed by atoms with Crippen LogP contribution in [0.5, 0.6) is 5.75 Å². The van der Waals surface area contributed by atoms with E-state index in [2.05, 4.69) is 47.0 Å². The lowest BCUT2D eigenvalue weighted by Crippen LogP contribution is -2.42. The van der Waals surface area contributed by atoms with Crippen molar-refractivity contribution in [2.45, 2.75) is 44.0 Å². The maximum Gasteiger partial charge on any atom is 0.191 e. The Morgan fingerprint density at radius 3 is 3.00 bits per heavy atom. The molecule has 2 atom stereocenters. The Kier molecular flexibility index (Phi) is 8.02. The van der Waals surface area contributed by atoms with Gasteiger partial charge in [0.15, 0.2) is 5.96 Å². The van der Waals surface area contributed by atoms with E-state index in [1.54, 1.807) is 6.08 Å². The van der Waals surface area contributed by atoms with Crippen molar-refractivity contribution in [2.24, 2.45) is 4.99 Å². The standard InChI is InChI=1S/C19H29N3OS/c1-4-12-23-18-9-7-6-8-15(18)14-21-19(20-3)22-16-10-11-17(13-16)24-5-2/h4,6-9,16-17H,1,5,10-14H2,2-3H3,(H2,20,21,22). The number of hydrogen-bond acceptors (Lipinski definition) is 3. The van der Waals surface area contributed by atoms with Gasteiger partial charge in [0.1, 0.15) is 12.4 Å². The first-order chi connectivity index (χ1) is 11.8. The van der Waals surface area contributed by atoms with Crippen LogP contribution in [0.25, 0.3) is 0 Å². The molecule has 0 amide bonds. The molecule has 0 spiro atoms. The van der Waals surface area contributed by atoms with Crippen molar-refractivity contribution < 1.29 is 4.74 Å². The second kappa shape index (κ2) is 10.3. The molecule has 0 bridgehead atoms. The Morgan fingerprint density at radius 1 is 1.42 bits per heavy atom. The van der Waals surface area contributed by atoms with Crippen molar-refractivity contribution >= 4 is 17.7 Å². The number of rotatable bonds is 8. The Labute approximate surface area is 150 Å². The Hall–Kier alpha value is -1.62. The van der Waals surface area contributed by atoms with Gasteiger partial charge in [0.05, 0.1) is 0 Å². The predicted octanol–water partition coefficient (Wildman–Crippen LogP) is 3.59. The normalized spacial score (nSPS) is 20.7. The summed E-state index contributed by atoms with van der Waals surface area (Å²) in [5.74, 6) is 2.95. The fraction of sp³-hybridized carbons (Fsp3) is 0.526. The van der Waals surface area contributed by atoms with Gasteiger partial charge in [0.2, 0.25) is 0 Å². The number of nitrogens with one attached hydrogen (secondary N) is 2. The minimum absolute atomic E-state index is 0.516. The molecule has 1 aliphatic carbocycles. The van der Waals surface area contributed by atoms with Crippen LogP contribution in [-0.4, -0.2) is 36.7 Å². The first-order valence-corrected chi connectivity index (χ1v) is 9.72. The fourth-order valence-electron chi connectivity index (χ4n) is 2.96. The summed E-state index contributed by atoms with van der Waals surface area (Å²) in [5.41, 5.74) is 1.12. The van der Waals surface area contributed by atoms with Crippen LogP contribution in [0.3, 0.4) is 0 Å². The van der Waals surface area contributed by atoms with Crippen LogP contribution < -0.4 is 15.4 Å². The van der Waals surface area contributed by atoms with Crippen LogP contribution in [0.1, 0.15) is 31.7 Å². The molecule has 1 fully saturated rings. The molecule has 0 saturated heterocycles. The highest BCUT2D eigenvalue weighted by atomic mass is 32.2. The Bertz CT molecular complexity index is 547. The van der Waals surface area contributed by atoms with E-state index in [1.807, 2.05) is 25.2 Å². The quantitative estimate of drug-likeness (QED) is 0.428. The van der Waals surface area contributed by atoms with Gasteiger partial charge in [-0.2, -0.15) is 11.8 Å². The minimum atomic E-state index is 0.516. The molecule has 24 heavy (non-hydrogen) atoms. The minimum Gasteiger partial charge on any atom is -0.489 e. The topological polar surface area (TPSA) is 45.6 Å². The van der Waals surface area contributed by atoms with Gasteiger partial charge in [0.25, 0.3) is 0 Å². The molecule has 4 nitrogen and oxygen atoms in total. The van der Waals surface area contributed by atoms with Crippen molar-refractivity contribution in [2.75, 3.05) is 19.4 Å². The van der Waals surface area contributed by atoms with Gasteiger partial charge in [-0.1, -0.05) is 37.8 Å². The molecule has 5 heteroatoms. The van der Waals surface area contributed by atoms with Crippen LogP contribution in [0.2, 0.25) is 0 Å². The van der Waals surface area contributed by atoms with Gasteiger partial charge in [-0.3, -0.25) is 4.99 Å². The summed E-state index contributed by atoms with van der Waals surface area (Å²) in [6.07, 6.45) is 5.50. The number of benzene rings is 1. The summed E-state index contributed by atoms with van der Waals surface area (Å²) < 4.78 is 5.71. The SMILES string of the molecule is C=CCOc1ccccc1CNC(=NC)NC1CCC(SCC)C1. The summed E-state index contributed by atoms with van der Waals surface area (Å²) in [6, 6.07) is 8.59. The summed E-state index contributed by atoms with van der Waals surface area (Å²) in [5, 5.41) is 7.75. The number of guanidine groups is 1. The average molecular weight is 348 g/mol. The van der Waals surface area contributed by atoms with E-state index in [9.17, 15) is 0 Å². The van der Waals surface area contributed by atoms with Crippen LogP contribution in [0.4, 0.5) is 0 Å². The van der Waals surface area contributed by atoms with Crippen LogP contribution in [0, 0.1) is 0 Å². The number of para-hydroxylation sites is 1. The van der Waals surface area contributed by atoms with E-state index < -0.39 is 0 Å². The summed E-state index contributed by atoms with van der Waals surface area (Å²) in [7, 11) is 1.82. The molecule has 1 aromatic rings. The molecule has 132 valence electrons. The highest BCUT2D eigenvalue weighted by molar-refractivity contribution is 7.99. The van der Waals surface area contributed by atoms with E-state index in [-0.39, 0.29) is 0 Å². The number of nitrogens with zero attached hydrogens (tertiary/aromatic N) is 1. The second-order valence-corrected chi connectivity index (χ2v) is 7.44. The maximum absolute atomic E-state index is 5.71. The van der Waals surface area contributed by atoms with E-state index >= 15 is 0 Å². The van der Waals surface area contributed by atoms with E-state index in [0.29, 0.717) is 19.2 Å².